The van der Waals surface area contributed by atoms with Gasteiger partial charge in [0, 0.05) is 28.2 Å². The highest BCUT2D eigenvalue weighted by atomic mass is 32.1. The number of anilines is 1. The Hall–Kier alpha value is -2.52. The second-order valence-corrected chi connectivity index (χ2v) is 6.49. The minimum atomic E-state index is -0.914. The molecule has 1 aromatic carbocycles. The molecule has 1 amide bonds. The van der Waals surface area contributed by atoms with Crippen LogP contribution in [0.5, 0.6) is 0 Å². The molecule has 1 heterocycles. The Morgan fingerprint density at radius 2 is 2.22 bits per heavy atom. The van der Waals surface area contributed by atoms with Gasteiger partial charge in [0.15, 0.2) is 11.7 Å². The summed E-state index contributed by atoms with van der Waals surface area (Å²) in [4.78, 5) is 28.7. The van der Waals surface area contributed by atoms with Gasteiger partial charge < -0.3 is 5.32 Å². The van der Waals surface area contributed by atoms with Crippen LogP contribution in [0.15, 0.2) is 29.6 Å². The van der Waals surface area contributed by atoms with E-state index in [1.807, 2.05) is 18.4 Å². The van der Waals surface area contributed by atoms with Crippen molar-refractivity contribution in [2.24, 2.45) is 5.92 Å². The van der Waals surface area contributed by atoms with E-state index in [0.717, 1.165) is 18.5 Å². The van der Waals surface area contributed by atoms with Crippen molar-refractivity contribution in [2.45, 2.75) is 25.7 Å². The van der Waals surface area contributed by atoms with Gasteiger partial charge in [0.05, 0.1) is 6.07 Å². The topological polar surface area (TPSA) is 82.9 Å². The molecule has 1 unspecified atom stereocenters. The molecule has 1 aliphatic rings. The molecule has 3 rings (SSSR count). The number of ketones is 1. The SMILES string of the molecule is Cc1csc(C(C#N)C(=O)c2cccc(NC(=O)C3CC3)c2)n1. The fourth-order valence-corrected chi connectivity index (χ4v) is 3.07. The smallest absolute Gasteiger partial charge is 0.227 e. The summed E-state index contributed by atoms with van der Waals surface area (Å²) in [5.41, 5.74) is 1.78. The largest absolute Gasteiger partial charge is 0.326 e. The number of Topliss-reactive ketones (excluding diaryl/α,β-unsaturated/α-hetero) is 1. The highest BCUT2D eigenvalue weighted by molar-refractivity contribution is 7.10. The summed E-state index contributed by atoms with van der Waals surface area (Å²) in [7, 11) is 0. The van der Waals surface area contributed by atoms with E-state index in [2.05, 4.69) is 10.3 Å². The number of benzene rings is 1. The van der Waals surface area contributed by atoms with Crippen LogP contribution in [-0.2, 0) is 4.79 Å². The average molecular weight is 325 g/mol. The Kier molecular flexibility index (Phi) is 4.22. The number of nitrogens with zero attached hydrogens (tertiary/aromatic N) is 2. The summed E-state index contributed by atoms with van der Waals surface area (Å²) in [6, 6.07) is 8.75. The van der Waals surface area contributed by atoms with Crippen molar-refractivity contribution in [1.29, 1.82) is 5.26 Å². The third kappa shape index (κ3) is 3.46. The second-order valence-electron chi connectivity index (χ2n) is 5.60. The summed E-state index contributed by atoms with van der Waals surface area (Å²) >= 11 is 1.31. The van der Waals surface area contributed by atoms with E-state index < -0.39 is 5.92 Å². The standard InChI is InChI=1S/C17H15N3O2S/c1-10-9-23-17(19-10)14(8-18)15(21)12-3-2-4-13(7-12)20-16(22)11-5-6-11/h2-4,7,9,11,14H,5-6H2,1H3,(H,20,22). The number of rotatable bonds is 5. The van der Waals surface area contributed by atoms with E-state index in [4.69, 9.17) is 0 Å². The fourth-order valence-electron chi connectivity index (χ4n) is 2.24. The fraction of sp³-hybridized carbons (Fsp3) is 0.294. The van der Waals surface area contributed by atoms with Gasteiger partial charge in [0.2, 0.25) is 5.91 Å². The Balaban J connectivity index is 1.81. The summed E-state index contributed by atoms with van der Waals surface area (Å²) in [5.74, 6) is -1.13. The first kappa shape index (κ1) is 15.4. The minimum Gasteiger partial charge on any atom is -0.326 e. The number of amides is 1. The third-order valence-electron chi connectivity index (χ3n) is 3.64. The highest BCUT2D eigenvalue weighted by Gasteiger charge is 2.30. The zero-order valence-electron chi connectivity index (χ0n) is 12.6. The number of aromatic nitrogens is 1. The van der Waals surface area contributed by atoms with Gasteiger partial charge in [-0.05, 0) is 31.9 Å². The Labute approximate surface area is 138 Å². The van der Waals surface area contributed by atoms with Crippen LogP contribution in [0, 0.1) is 24.2 Å². The second kappa shape index (κ2) is 6.31. The number of thiazole rings is 1. The summed E-state index contributed by atoms with van der Waals surface area (Å²) in [6.45, 7) is 1.83. The number of aryl methyl sites for hydroxylation is 1. The first-order chi connectivity index (χ1) is 11.1. The first-order valence-electron chi connectivity index (χ1n) is 7.35. The molecule has 0 radical (unpaired) electrons. The van der Waals surface area contributed by atoms with Crippen LogP contribution in [-0.4, -0.2) is 16.7 Å². The van der Waals surface area contributed by atoms with Gasteiger partial charge in [0.1, 0.15) is 5.01 Å². The van der Waals surface area contributed by atoms with E-state index in [-0.39, 0.29) is 17.6 Å². The summed E-state index contributed by atoms with van der Waals surface area (Å²) in [5, 5.41) is 14.5. The lowest BCUT2D eigenvalue weighted by Gasteiger charge is -2.08. The molecule has 0 saturated heterocycles. The maximum absolute atomic E-state index is 12.6. The van der Waals surface area contributed by atoms with Crippen molar-refractivity contribution in [3.8, 4) is 6.07 Å². The monoisotopic (exact) mass is 325 g/mol. The van der Waals surface area contributed by atoms with Crippen LogP contribution in [0.1, 0.15) is 39.8 Å². The van der Waals surface area contributed by atoms with Gasteiger partial charge in [0.25, 0.3) is 0 Å². The average Bonchev–Trinajstić information content (AvgIpc) is 3.31. The lowest BCUT2D eigenvalue weighted by molar-refractivity contribution is -0.117. The quantitative estimate of drug-likeness (QED) is 0.855. The van der Waals surface area contributed by atoms with Crippen LogP contribution in [0.3, 0.4) is 0 Å². The van der Waals surface area contributed by atoms with Gasteiger partial charge in [-0.15, -0.1) is 11.3 Å². The molecule has 0 aliphatic heterocycles. The molecule has 116 valence electrons. The van der Waals surface area contributed by atoms with Crippen molar-refractivity contribution >= 4 is 28.7 Å². The van der Waals surface area contributed by atoms with Crippen LogP contribution in [0.25, 0.3) is 0 Å². The number of hydrogen-bond donors (Lipinski definition) is 1. The van der Waals surface area contributed by atoms with Crippen molar-refractivity contribution in [3.05, 3.63) is 45.9 Å². The van der Waals surface area contributed by atoms with Crippen molar-refractivity contribution < 1.29 is 9.59 Å². The molecular weight excluding hydrogens is 310 g/mol. The van der Waals surface area contributed by atoms with Gasteiger partial charge in [-0.25, -0.2) is 4.98 Å². The Morgan fingerprint density at radius 3 is 2.83 bits per heavy atom. The van der Waals surface area contributed by atoms with E-state index in [1.54, 1.807) is 24.3 Å². The van der Waals surface area contributed by atoms with Crippen LogP contribution in [0.2, 0.25) is 0 Å². The Morgan fingerprint density at radius 1 is 1.43 bits per heavy atom. The highest BCUT2D eigenvalue weighted by Crippen LogP contribution is 2.30. The third-order valence-corrected chi connectivity index (χ3v) is 4.67. The van der Waals surface area contributed by atoms with Crippen molar-refractivity contribution in [2.75, 3.05) is 5.32 Å². The normalized spacial score (nSPS) is 14.8. The van der Waals surface area contributed by atoms with Crippen molar-refractivity contribution in [3.63, 3.8) is 0 Å². The van der Waals surface area contributed by atoms with Crippen molar-refractivity contribution in [1.82, 2.24) is 4.98 Å². The number of nitriles is 1. The van der Waals surface area contributed by atoms with E-state index >= 15 is 0 Å². The molecular formula is C17H15N3O2S. The van der Waals surface area contributed by atoms with Crippen LogP contribution in [0.4, 0.5) is 5.69 Å². The molecule has 1 N–H and O–H groups in total. The number of carbonyl (C=O) groups is 2. The van der Waals surface area contributed by atoms with Crippen LogP contribution >= 0.6 is 11.3 Å². The molecule has 1 atom stereocenters. The summed E-state index contributed by atoms with van der Waals surface area (Å²) in [6.07, 6.45) is 1.84. The predicted octanol–water partition coefficient (Wildman–Crippen LogP) is 3.29. The predicted molar refractivity (Wildman–Crippen MR) is 87.3 cm³/mol. The Bertz CT molecular complexity index is 802. The molecule has 1 fully saturated rings. The molecule has 1 aliphatic carbocycles. The number of hydrogen-bond acceptors (Lipinski definition) is 5. The number of carbonyl (C=O) groups excluding carboxylic acids is 2. The maximum atomic E-state index is 12.6. The maximum Gasteiger partial charge on any atom is 0.227 e. The lowest BCUT2D eigenvalue weighted by Crippen LogP contribution is -2.15. The van der Waals surface area contributed by atoms with Gasteiger partial charge in [-0.2, -0.15) is 5.26 Å². The molecule has 0 bridgehead atoms. The van der Waals surface area contributed by atoms with Gasteiger partial charge in [-0.3, -0.25) is 9.59 Å². The van der Waals surface area contributed by atoms with Gasteiger partial charge >= 0.3 is 0 Å². The summed E-state index contributed by atoms with van der Waals surface area (Å²) < 4.78 is 0. The van der Waals surface area contributed by atoms with Gasteiger partial charge in [-0.1, -0.05) is 12.1 Å². The first-order valence-corrected chi connectivity index (χ1v) is 8.23. The molecule has 6 heteroatoms. The molecule has 2 aromatic rings. The molecule has 23 heavy (non-hydrogen) atoms. The van der Waals surface area contributed by atoms with Crippen LogP contribution < -0.4 is 5.32 Å². The lowest BCUT2D eigenvalue weighted by atomic mass is 9.99. The minimum absolute atomic E-state index is 0.0121. The van der Waals surface area contributed by atoms with E-state index in [1.165, 1.54) is 11.3 Å². The number of nitrogens with one attached hydrogen (secondary N) is 1. The zero-order valence-corrected chi connectivity index (χ0v) is 13.4. The molecule has 5 nitrogen and oxygen atoms in total. The molecule has 0 spiro atoms. The van der Waals surface area contributed by atoms with E-state index in [0.29, 0.717) is 16.3 Å². The molecule has 1 saturated carbocycles. The zero-order chi connectivity index (χ0) is 16.4. The van der Waals surface area contributed by atoms with E-state index in [9.17, 15) is 14.9 Å². The molecule has 1 aromatic heterocycles.